The topological polar surface area (TPSA) is 46.2 Å². The summed E-state index contributed by atoms with van der Waals surface area (Å²) < 4.78 is 28.2. The summed E-state index contributed by atoms with van der Waals surface area (Å²) in [5.74, 6) is 0. The summed E-state index contributed by atoms with van der Waals surface area (Å²) in [5, 5.41) is 0.471. The van der Waals surface area contributed by atoms with Gasteiger partial charge in [-0.25, -0.2) is 8.42 Å². The molecule has 0 aliphatic carbocycles. The van der Waals surface area contributed by atoms with Gasteiger partial charge >= 0.3 is 0 Å². The third-order valence-corrected chi connectivity index (χ3v) is 5.74. The summed E-state index contributed by atoms with van der Waals surface area (Å²) in [7, 11) is -3.65. The normalized spacial score (nSPS) is 11.4. The van der Waals surface area contributed by atoms with Gasteiger partial charge in [-0.3, -0.25) is 4.72 Å². The van der Waals surface area contributed by atoms with E-state index in [9.17, 15) is 8.42 Å². The van der Waals surface area contributed by atoms with Crippen molar-refractivity contribution in [1.82, 2.24) is 0 Å². The predicted octanol–water partition coefficient (Wildman–Crippen LogP) is 4.77. The molecule has 0 atom stereocenters. The molecule has 0 unspecified atom stereocenters. The van der Waals surface area contributed by atoms with Gasteiger partial charge in [0.2, 0.25) is 0 Å². The molecule has 0 fully saturated rings. The second-order valence-electron chi connectivity index (χ2n) is 4.64. The molecule has 3 nitrogen and oxygen atoms in total. The van der Waals surface area contributed by atoms with E-state index >= 15 is 0 Å². The third-order valence-electron chi connectivity index (χ3n) is 3.18. The molecule has 6 heteroatoms. The number of halogens is 2. The van der Waals surface area contributed by atoms with Crippen LogP contribution in [0.4, 0.5) is 5.69 Å². The van der Waals surface area contributed by atoms with E-state index in [0.29, 0.717) is 15.2 Å². The Balaban J connectivity index is 2.44. The van der Waals surface area contributed by atoms with Crippen molar-refractivity contribution in [2.24, 2.45) is 0 Å². The summed E-state index contributed by atoms with van der Waals surface area (Å²) in [5.41, 5.74) is 2.50. The van der Waals surface area contributed by atoms with Crippen molar-refractivity contribution in [2.75, 3.05) is 4.72 Å². The number of hydrogen-bond acceptors (Lipinski definition) is 2. The highest BCUT2D eigenvalue weighted by atomic mass is 79.9. The van der Waals surface area contributed by atoms with Gasteiger partial charge in [0, 0.05) is 4.47 Å². The molecule has 0 bridgehead atoms. The smallest absolute Gasteiger partial charge is 0.261 e. The van der Waals surface area contributed by atoms with Crippen molar-refractivity contribution in [3.05, 3.63) is 57.0 Å². The fraction of sp³-hybridized carbons (Fsp3) is 0.200. The van der Waals surface area contributed by atoms with E-state index in [-0.39, 0.29) is 4.90 Å². The highest BCUT2D eigenvalue weighted by Gasteiger charge is 2.18. The Bertz CT molecular complexity index is 775. The van der Waals surface area contributed by atoms with Crippen molar-refractivity contribution in [3.8, 4) is 0 Å². The van der Waals surface area contributed by atoms with Gasteiger partial charge < -0.3 is 0 Å². The summed E-state index contributed by atoms with van der Waals surface area (Å²) in [4.78, 5) is 0.170. The maximum Gasteiger partial charge on any atom is 0.261 e. The molecule has 0 saturated carbocycles. The van der Waals surface area contributed by atoms with Gasteiger partial charge in [-0.2, -0.15) is 0 Å². The average molecular weight is 389 g/mol. The SMILES string of the molecule is CCc1cccc(C)c1NS(=O)(=O)c1ccc(Cl)c(Br)c1. The first-order valence-corrected chi connectivity index (χ1v) is 9.07. The number of rotatable bonds is 4. The Morgan fingerprint density at radius 3 is 2.57 bits per heavy atom. The molecule has 2 rings (SSSR count). The van der Waals surface area contributed by atoms with Crippen LogP contribution < -0.4 is 4.72 Å². The maximum atomic E-state index is 12.5. The molecule has 0 saturated heterocycles. The number of anilines is 1. The van der Waals surface area contributed by atoms with Gasteiger partial charge in [0.15, 0.2) is 0 Å². The van der Waals surface area contributed by atoms with E-state index < -0.39 is 10.0 Å². The molecule has 112 valence electrons. The number of para-hydroxylation sites is 1. The Labute approximate surface area is 138 Å². The first-order chi connectivity index (χ1) is 9.85. The number of benzene rings is 2. The maximum absolute atomic E-state index is 12.5. The molecule has 1 N–H and O–H groups in total. The molecular weight excluding hydrogens is 374 g/mol. The highest BCUT2D eigenvalue weighted by molar-refractivity contribution is 9.10. The van der Waals surface area contributed by atoms with Crippen LogP contribution >= 0.6 is 27.5 Å². The quantitative estimate of drug-likeness (QED) is 0.819. The van der Waals surface area contributed by atoms with Crippen molar-refractivity contribution >= 4 is 43.2 Å². The highest BCUT2D eigenvalue weighted by Crippen LogP contribution is 2.28. The van der Waals surface area contributed by atoms with E-state index in [4.69, 9.17) is 11.6 Å². The van der Waals surface area contributed by atoms with E-state index in [1.807, 2.05) is 32.0 Å². The van der Waals surface area contributed by atoms with Crippen LogP contribution in [-0.2, 0) is 16.4 Å². The summed E-state index contributed by atoms with van der Waals surface area (Å²) in [6.45, 7) is 3.88. The zero-order chi connectivity index (χ0) is 15.6. The monoisotopic (exact) mass is 387 g/mol. The lowest BCUT2D eigenvalue weighted by Crippen LogP contribution is -2.15. The molecule has 0 aromatic heterocycles. The second kappa shape index (κ2) is 6.38. The van der Waals surface area contributed by atoms with Gasteiger partial charge in [-0.15, -0.1) is 0 Å². The Kier molecular flexibility index (Phi) is 4.96. The second-order valence-corrected chi connectivity index (χ2v) is 7.59. The van der Waals surface area contributed by atoms with E-state index in [2.05, 4.69) is 20.7 Å². The number of hydrogen-bond donors (Lipinski definition) is 1. The minimum Gasteiger partial charge on any atom is -0.279 e. The fourth-order valence-corrected chi connectivity index (χ4v) is 3.85. The number of aryl methyl sites for hydroxylation is 2. The fourth-order valence-electron chi connectivity index (χ4n) is 2.01. The zero-order valence-corrected chi connectivity index (χ0v) is 14.8. The van der Waals surface area contributed by atoms with Crippen LogP contribution in [0.5, 0.6) is 0 Å². The molecule has 0 heterocycles. The van der Waals surface area contributed by atoms with Crippen molar-refractivity contribution in [1.29, 1.82) is 0 Å². The van der Waals surface area contributed by atoms with Crippen LogP contribution in [0.3, 0.4) is 0 Å². The van der Waals surface area contributed by atoms with Gasteiger partial charge in [0.25, 0.3) is 10.0 Å². The van der Waals surface area contributed by atoms with Crippen molar-refractivity contribution < 1.29 is 8.42 Å². The molecule has 0 aliphatic rings. The van der Waals surface area contributed by atoms with Gasteiger partial charge in [0.05, 0.1) is 15.6 Å². The van der Waals surface area contributed by atoms with Crippen molar-refractivity contribution in [3.63, 3.8) is 0 Å². The summed E-state index contributed by atoms with van der Waals surface area (Å²) >= 11 is 9.14. The molecule has 0 radical (unpaired) electrons. The van der Waals surface area contributed by atoms with Crippen LogP contribution in [-0.4, -0.2) is 8.42 Å². The minimum atomic E-state index is -3.65. The van der Waals surface area contributed by atoms with Crippen LogP contribution in [0.25, 0.3) is 0 Å². The number of nitrogens with one attached hydrogen (secondary N) is 1. The summed E-state index contributed by atoms with van der Waals surface area (Å²) in [6.07, 6.45) is 0.754. The molecule has 0 spiro atoms. The molecule has 2 aromatic carbocycles. The first-order valence-electron chi connectivity index (χ1n) is 6.41. The molecule has 2 aromatic rings. The van der Waals surface area contributed by atoms with Crippen LogP contribution in [0, 0.1) is 6.92 Å². The van der Waals surface area contributed by atoms with Gasteiger partial charge in [0.1, 0.15) is 0 Å². The first kappa shape index (κ1) is 16.3. The predicted molar refractivity (Wildman–Crippen MR) is 90.5 cm³/mol. The molecule has 0 aliphatic heterocycles. The lowest BCUT2D eigenvalue weighted by Gasteiger charge is -2.14. The number of sulfonamides is 1. The molecule has 21 heavy (non-hydrogen) atoms. The largest absolute Gasteiger partial charge is 0.279 e. The van der Waals surface area contributed by atoms with Gasteiger partial charge in [-0.05, 0) is 58.6 Å². The van der Waals surface area contributed by atoms with Crippen LogP contribution in [0.15, 0.2) is 45.8 Å². The molecule has 0 amide bonds. The third kappa shape index (κ3) is 3.59. The Hall–Kier alpha value is -1.04. The van der Waals surface area contributed by atoms with E-state index in [1.165, 1.54) is 12.1 Å². The van der Waals surface area contributed by atoms with Gasteiger partial charge in [-0.1, -0.05) is 36.7 Å². The van der Waals surface area contributed by atoms with Crippen LogP contribution in [0.2, 0.25) is 5.02 Å². The lowest BCUT2D eigenvalue weighted by molar-refractivity contribution is 0.601. The standard InChI is InChI=1S/C15H15BrClNO2S/c1-3-11-6-4-5-10(2)15(11)18-21(19,20)12-7-8-14(17)13(16)9-12/h4-9,18H,3H2,1-2H3. The molecular formula is C15H15BrClNO2S. The Morgan fingerprint density at radius 2 is 1.95 bits per heavy atom. The van der Waals surface area contributed by atoms with Crippen LogP contribution in [0.1, 0.15) is 18.1 Å². The minimum absolute atomic E-state index is 0.170. The Morgan fingerprint density at radius 1 is 1.24 bits per heavy atom. The van der Waals surface area contributed by atoms with E-state index in [1.54, 1.807) is 6.07 Å². The zero-order valence-electron chi connectivity index (χ0n) is 11.7. The van der Waals surface area contributed by atoms with Crippen molar-refractivity contribution in [2.45, 2.75) is 25.2 Å². The van der Waals surface area contributed by atoms with E-state index in [0.717, 1.165) is 17.5 Å². The lowest BCUT2D eigenvalue weighted by atomic mass is 10.1. The summed E-state index contributed by atoms with van der Waals surface area (Å²) in [6, 6.07) is 10.3. The average Bonchev–Trinajstić information content (AvgIpc) is 2.43.